The van der Waals surface area contributed by atoms with Gasteiger partial charge < -0.3 is 14.6 Å². The van der Waals surface area contributed by atoms with Gasteiger partial charge in [0, 0.05) is 12.1 Å². The second-order valence-corrected chi connectivity index (χ2v) is 12.7. The molecular weight excluding hydrogens is 492 g/mol. The van der Waals surface area contributed by atoms with Crippen LogP contribution in [0.2, 0.25) is 5.02 Å². The summed E-state index contributed by atoms with van der Waals surface area (Å²) >= 11 is 7.74. The van der Waals surface area contributed by atoms with Crippen molar-refractivity contribution in [2.75, 3.05) is 5.75 Å². The van der Waals surface area contributed by atoms with Crippen molar-refractivity contribution in [1.82, 2.24) is 20.1 Å². The second-order valence-electron chi connectivity index (χ2n) is 11.3. The summed E-state index contributed by atoms with van der Waals surface area (Å²) in [5.41, 5.74) is 0.313. The molecule has 1 amide bonds. The van der Waals surface area contributed by atoms with E-state index in [4.69, 9.17) is 16.3 Å². The SMILES string of the molecule is CCC(CC)n1c(COc2ccccc2Cl)nnc1SCC(=O)NC(C)C12CC3CC(CC(C3)C1)C2. The summed E-state index contributed by atoms with van der Waals surface area (Å²) in [6.07, 6.45) is 10.1. The van der Waals surface area contributed by atoms with Crippen LogP contribution in [0.5, 0.6) is 5.75 Å². The molecule has 6 nitrogen and oxygen atoms in total. The van der Waals surface area contributed by atoms with Gasteiger partial charge >= 0.3 is 0 Å². The number of hydrogen-bond acceptors (Lipinski definition) is 5. The van der Waals surface area contributed by atoms with Crippen LogP contribution in [0, 0.1) is 23.2 Å². The van der Waals surface area contributed by atoms with Crippen molar-refractivity contribution >= 4 is 29.3 Å². The lowest BCUT2D eigenvalue weighted by atomic mass is 9.48. The van der Waals surface area contributed by atoms with Crippen LogP contribution >= 0.6 is 23.4 Å². The van der Waals surface area contributed by atoms with Crippen molar-refractivity contribution in [3.8, 4) is 5.75 Å². The fourth-order valence-electron chi connectivity index (χ4n) is 7.50. The Morgan fingerprint density at radius 3 is 2.39 bits per heavy atom. The number of amides is 1. The summed E-state index contributed by atoms with van der Waals surface area (Å²) in [5.74, 6) is 4.48. The highest BCUT2D eigenvalue weighted by atomic mass is 35.5. The van der Waals surface area contributed by atoms with Crippen molar-refractivity contribution in [2.45, 2.75) is 96.0 Å². The lowest BCUT2D eigenvalue weighted by Gasteiger charge is -2.59. The Labute approximate surface area is 224 Å². The largest absolute Gasteiger partial charge is 0.484 e. The van der Waals surface area contributed by atoms with Crippen LogP contribution in [-0.2, 0) is 11.4 Å². The first-order chi connectivity index (χ1) is 17.4. The zero-order valence-corrected chi connectivity index (χ0v) is 23.3. The van der Waals surface area contributed by atoms with Gasteiger partial charge in [-0.2, -0.15) is 0 Å². The van der Waals surface area contributed by atoms with E-state index in [1.54, 1.807) is 0 Å². The van der Waals surface area contributed by atoms with Gasteiger partial charge in [-0.05, 0) is 93.6 Å². The number of rotatable bonds is 11. The number of hydrogen-bond donors (Lipinski definition) is 1. The number of carbonyl (C=O) groups is 1. The molecule has 1 heterocycles. The standard InChI is InChI=1S/C28H39ClN4O2S/c1-4-22(5-2)33-25(16-35-24-9-7-6-8-23(24)29)31-32-27(33)36-17-26(34)30-18(3)28-13-19-10-20(14-28)12-21(11-19)15-28/h6-9,18-22H,4-5,10-17H2,1-3H3,(H,30,34). The summed E-state index contributed by atoms with van der Waals surface area (Å²) in [6, 6.07) is 7.93. The van der Waals surface area contributed by atoms with Gasteiger partial charge in [-0.1, -0.05) is 49.3 Å². The van der Waals surface area contributed by atoms with Gasteiger partial charge in [0.25, 0.3) is 0 Å². The lowest BCUT2D eigenvalue weighted by molar-refractivity contribution is -0.123. The molecule has 196 valence electrons. The highest BCUT2D eigenvalue weighted by Crippen LogP contribution is 2.61. The summed E-state index contributed by atoms with van der Waals surface area (Å²) < 4.78 is 8.12. The number of carbonyl (C=O) groups excluding carboxylic acids is 1. The Bertz CT molecular complexity index is 1030. The van der Waals surface area contributed by atoms with E-state index in [9.17, 15) is 4.79 Å². The smallest absolute Gasteiger partial charge is 0.230 e. The molecule has 1 unspecified atom stereocenters. The number of nitrogens with zero attached hydrogens (tertiary/aromatic N) is 3. The number of aromatic nitrogens is 3. The predicted octanol–water partition coefficient (Wildman–Crippen LogP) is 6.68. The normalized spacial score (nSPS) is 27.4. The second kappa shape index (κ2) is 10.9. The molecule has 4 fully saturated rings. The lowest BCUT2D eigenvalue weighted by Crippen LogP contribution is -2.56. The van der Waals surface area contributed by atoms with Crippen LogP contribution in [0.4, 0.5) is 0 Å². The maximum Gasteiger partial charge on any atom is 0.230 e. The number of para-hydroxylation sites is 1. The Morgan fingerprint density at radius 2 is 1.78 bits per heavy atom. The maximum absolute atomic E-state index is 13.1. The first kappa shape index (κ1) is 25.9. The topological polar surface area (TPSA) is 69.0 Å². The van der Waals surface area contributed by atoms with E-state index in [0.717, 1.165) is 41.6 Å². The van der Waals surface area contributed by atoms with E-state index >= 15 is 0 Å². The van der Waals surface area contributed by atoms with E-state index in [2.05, 4.69) is 40.9 Å². The zero-order chi connectivity index (χ0) is 25.3. The van der Waals surface area contributed by atoms with Crippen molar-refractivity contribution in [3.05, 3.63) is 35.1 Å². The number of ether oxygens (including phenoxy) is 1. The van der Waals surface area contributed by atoms with Crippen molar-refractivity contribution < 1.29 is 9.53 Å². The molecule has 8 heteroatoms. The first-order valence-electron chi connectivity index (χ1n) is 13.6. The summed E-state index contributed by atoms with van der Waals surface area (Å²) in [6.45, 7) is 6.86. The third kappa shape index (κ3) is 5.28. The number of nitrogens with one attached hydrogen (secondary N) is 1. The Hall–Kier alpha value is -1.73. The Morgan fingerprint density at radius 1 is 1.14 bits per heavy atom. The van der Waals surface area contributed by atoms with E-state index in [1.165, 1.54) is 50.3 Å². The maximum atomic E-state index is 13.1. The molecule has 4 aliphatic rings. The third-order valence-corrected chi connectivity index (χ3v) is 10.2. The van der Waals surface area contributed by atoms with Crippen LogP contribution in [0.3, 0.4) is 0 Å². The van der Waals surface area contributed by atoms with Gasteiger partial charge in [0.15, 0.2) is 11.0 Å². The van der Waals surface area contributed by atoms with Crippen LogP contribution in [0.1, 0.15) is 84.0 Å². The first-order valence-corrected chi connectivity index (χ1v) is 15.0. The fourth-order valence-corrected chi connectivity index (χ4v) is 8.53. The van der Waals surface area contributed by atoms with Gasteiger partial charge in [0.2, 0.25) is 5.91 Å². The van der Waals surface area contributed by atoms with E-state index in [0.29, 0.717) is 21.9 Å². The minimum atomic E-state index is 0.0937. The van der Waals surface area contributed by atoms with Gasteiger partial charge in [-0.3, -0.25) is 4.79 Å². The molecule has 4 bridgehead atoms. The number of halogens is 1. The molecule has 1 aromatic heterocycles. The van der Waals surface area contributed by atoms with E-state index in [-0.39, 0.29) is 24.6 Å². The van der Waals surface area contributed by atoms with Crippen molar-refractivity contribution in [3.63, 3.8) is 0 Å². The van der Waals surface area contributed by atoms with E-state index in [1.807, 2.05) is 24.3 Å². The summed E-state index contributed by atoms with van der Waals surface area (Å²) in [5, 5.41) is 13.6. The Balaban J connectivity index is 1.22. The molecule has 6 rings (SSSR count). The molecule has 0 saturated heterocycles. The molecule has 1 atom stereocenters. The average molecular weight is 531 g/mol. The molecule has 1 aromatic carbocycles. The van der Waals surface area contributed by atoms with Gasteiger partial charge in [-0.25, -0.2) is 0 Å². The fraction of sp³-hybridized carbons (Fsp3) is 0.679. The number of thioether (sulfide) groups is 1. The monoisotopic (exact) mass is 530 g/mol. The molecule has 4 saturated carbocycles. The molecule has 0 radical (unpaired) electrons. The van der Waals surface area contributed by atoms with Gasteiger partial charge in [0.1, 0.15) is 12.4 Å². The summed E-state index contributed by atoms with van der Waals surface area (Å²) in [7, 11) is 0. The molecule has 4 aliphatic carbocycles. The third-order valence-electron chi connectivity index (χ3n) is 8.95. The molecule has 2 aromatic rings. The zero-order valence-electron chi connectivity index (χ0n) is 21.7. The quantitative estimate of drug-likeness (QED) is 0.328. The average Bonchev–Trinajstić information content (AvgIpc) is 3.25. The van der Waals surface area contributed by atoms with Crippen molar-refractivity contribution in [1.29, 1.82) is 0 Å². The van der Waals surface area contributed by atoms with E-state index < -0.39 is 0 Å². The molecule has 0 aliphatic heterocycles. The highest BCUT2D eigenvalue weighted by Gasteiger charge is 2.53. The highest BCUT2D eigenvalue weighted by molar-refractivity contribution is 7.99. The minimum Gasteiger partial charge on any atom is -0.484 e. The Kier molecular flexibility index (Phi) is 7.87. The van der Waals surface area contributed by atoms with Gasteiger partial charge in [0.05, 0.1) is 10.8 Å². The number of benzene rings is 1. The molecular formula is C28H39ClN4O2S. The van der Waals surface area contributed by atoms with Gasteiger partial charge in [-0.15, -0.1) is 10.2 Å². The van der Waals surface area contributed by atoms with Crippen LogP contribution in [0.15, 0.2) is 29.4 Å². The van der Waals surface area contributed by atoms with Crippen LogP contribution < -0.4 is 10.1 Å². The van der Waals surface area contributed by atoms with Crippen molar-refractivity contribution in [2.24, 2.45) is 23.2 Å². The molecule has 1 N–H and O–H groups in total. The summed E-state index contributed by atoms with van der Waals surface area (Å²) in [4.78, 5) is 13.1. The molecule has 0 spiro atoms. The van der Waals surface area contributed by atoms with Crippen LogP contribution in [-0.4, -0.2) is 32.5 Å². The minimum absolute atomic E-state index is 0.0937. The van der Waals surface area contributed by atoms with Crippen LogP contribution in [0.25, 0.3) is 0 Å². The predicted molar refractivity (Wildman–Crippen MR) is 144 cm³/mol. The molecule has 36 heavy (non-hydrogen) atoms.